The molecule has 0 aliphatic rings. The molecule has 1 aromatic heterocycles. The van der Waals surface area contributed by atoms with Gasteiger partial charge in [-0.1, -0.05) is 29.3 Å². The molecular formula is C15H19ClN2OS. The van der Waals surface area contributed by atoms with Crippen molar-refractivity contribution in [2.24, 2.45) is 7.05 Å². The van der Waals surface area contributed by atoms with Gasteiger partial charge in [-0.2, -0.15) is 5.10 Å². The summed E-state index contributed by atoms with van der Waals surface area (Å²) in [6.45, 7) is 3.99. The Labute approximate surface area is 129 Å². The first-order valence-corrected chi connectivity index (χ1v) is 7.89. The van der Waals surface area contributed by atoms with Gasteiger partial charge in [-0.15, -0.1) is 11.8 Å². The van der Waals surface area contributed by atoms with Crippen molar-refractivity contribution in [2.45, 2.75) is 31.3 Å². The van der Waals surface area contributed by atoms with Crippen LogP contribution in [0.5, 0.6) is 0 Å². The monoisotopic (exact) mass is 310 g/mol. The number of nitrogens with zero attached hydrogens (tertiary/aromatic N) is 2. The number of thioether (sulfide) groups is 1. The first-order valence-electron chi connectivity index (χ1n) is 6.53. The van der Waals surface area contributed by atoms with Gasteiger partial charge in [0.15, 0.2) is 0 Å². The minimum atomic E-state index is -0.430. The third kappa shape index (κ3) is 3.78. The third-order valence-corrected chi connectivity index (χ3v) is 4.75. The zero-order valence-electron chi connectivity index (χ0n) is 11.9. The van der Waals surface area contributed by atoms with Crippen LogP contribution in [0, 0.1) is 13.8 Å². The number of aromatic nitrogens is 2. The standard InChI is InChI=1S/C15H19ClN2OS/c1-10-5-4-6-13(7-10)20-9-12(19)8-14-11(2)17-18(3)15(14)16/h4-7,12,19H,8-9H2,1-3H3. The molecule has 0 saturated carbocycles. The lowest BCUT2D eigenvalue weighted by atomic mass is 10.1. The van der Waals surface area contributed by atoms with E-state index in [4.69, 9.17) is 11.6 Å². The molecule has 0 spiro atoms. The SMILES string of the molecule is Cc1cccc(SCC(O)Cc2c(C)nn(C)c2Cl)c1. The van der Waals surface area contributed by atoms with Gasteiger partial charge in [0.1, 0.15) is 5.15 Å². The number of aliphatic hydroxyl groups excluding tert-OH is 1. The molecule has 0 aliphatic heterocycles. The molecule has 108 valence electrons. The van der Waals surface area contributed by atoms with Crippen molar-refractivity contribution in [1.29, 1.82) is 0 Å². The van der Waals surface area contributed by atoms with Gasteiger partial charge in [0, 0.05) is 29.7 Å². The summed E-state index contributed by atoms with van der Waals surface area (Å²) >= 11 is 7.84. The van der Waals surface area contributed by atoms with Crippen molar-refractivity contribution in [2.75, 3.05) is 5.75 Å². The van der Waals surface area contributed by atoms with Gasteiger partial charge >= 0.3 is 0 Å². The molecule has 5 heteroatoms. The Morgan fingerprint density at radius 2 is 2.15 bits per heavy atom. The molecule has 2 aromatic rings. The molecular weight excluding hydrogens is 292 g/mol. The van der Waals surface area contributed by atoms with E-state index in [2.05, 4.69) is 30.2 Å². The molecule has 1 unspecified atom stereocenters. The van der Waals surface area contributed by atoms with E-state index in [0.29, 0.717) is 17.3 Å². The Balaban J connectivity index is 1.94. The highest BCUT2D eigenvalue weighted by Crippen LogP contribution is 2.24. The van der Waals surface area contributed by atoms with Crippen molar-refractivity contribution in [1.82, 2.24) is 9.78 Å². The van der Waals surface area contributed by atoms with Gasteiger partial charge in [-0.25, -0.2) is 0 Å². The van der Waals surface area contributed by atoms with E-state index in [1.54, 1.807) is 16.4 Å². The van der Waals surface area contributed by atoms with Gasteiger partial charge < -0.3 is 5.11 Å². The van der Waals surface area contributed by atoms with Crippen LogP contribution >= 0.6 is 23.4 Å². The molecule has 1 heterocycles. The lowest BCUT2D eigenvalue weighted by Crippen LogP contribution is -2.14. The topological polar surface area (TPSA) is 38.1 Å². The maximum absolute atomic E-state index is 10.2. The summed E-state index contributed by atoms with van der Waals surface area (Å²) in [5.74, 6) is 0.647. The van der Waals surface area contributed by atoms with Crippen LogP contribution in [0.4, 0.5) is 0 Å². The normalized spacial score (nSPS) is 12.7. The Hall–Kier alpha value is -0.970. The molecule has 0 fully saturated rings. The van der Waals surface area contributed by atoms with Crippen molar-refractivity contribution in [3.05, 3.63) is 46.2 Å². The number of rotatable bonds is 5. The molecule has 0 saturated heterocycles. The molecule has 1 aromatic carbocycles. The van der Waals surface area contributed by atoms with Crippen molar-refractivity contribution < 1.29 is 5.11 Å². The molecule has 0 amide bonds. The Morgan fingerprint density at radius 1 is 1.40 bits per heavy atom. The van der Waals surface area contributed by atoms with Gasteiger partial charge in [-0.3, -0.25) is 4.68 Å². The van der Waals surface area contributed by atoms with E-state index < -0.39 is 6.10 Å². The van der Waals surface area contributed by atoms with E-state index in [1.165, 1.54) is 10.5 Å². The fourth-order valence-electron chi connectivity index (χ4n) is 2.10. The van der Waals surface area contributed by atoms with E-state index >= 15 is 0 Å². The zero-order chi connectivity index (χ0) is 14.7. The van der Waals surface area contributed by atoms with Crippen LogP contribution in [0.3, 0.4) is 0 Å². The van der Waals surface area contributed by atoms with Gasteiger partial charge in [-0.05, 0) is 26.0 Å². The summed E-state index contributed by atoms with van der Waals surface area (Å²) in [6, 6.07) is 8.29. The molecule has 20 heavy (non-hydrogen) atoms. The van der Waals surface area contributed by atoms with Crippen LogP contribution in [-0.2, 0) is 13.5 Å². The smallest absolute Gasteiger partial charge is 0.130 e. The first kappa shape index (κ1) is 15.4. The number of aliphatic hydroxyl groups is 1. The number of hydrogen-bond donors (Lipinski definition) is 1. The van der Waals surface area contributed by atoms with Gasteiger partial charge in [0.25, 0.3) is 0 Å². The molecule has 0 bridgehead atoms. The largest absolute Gasteiger partial charge is 0.392 e. The minimum absolute atomic E-state index is 0.430. The average molecular weight is 311 g/mol. The fraction of sp³-hybridized carbons (Fsp3) is 0.400. The van der Waals surface area contributed by atoms with Gasteiger partial charge in [0.2, 0.25) is 0 Å². The Kier molecular flexibility index (Phi) is 5.13. The molecule has 1 N–H and O–H groups in total. The predicted molar refractivity (Wildman–Crippen MR) is 84.6 cm³/mol. The van der Waals surface area contributed by atoms with Crippen LogP contribution in [0.2, 0.25) is 5.15 Å². The van der Waals surface area contributed by atoms with Gasteiger partial charge in [0.05, 0.1) is 11.8 Å². The van der Waals surface area contributed by atoms with E-state index in [0.717, 1.165) is 11.3 Å². The Morgan fingerprint density at radius 3 is 2.75 bits per heavy atom. The summed E-state index contributed by atoms with van der Waals surface area (Å²) in [5, 5.41) is 15.0. The number of benzene rings is 1. The fourth-order valence-corrected chi connectivity index (χ4v) is 3.30. The van der Waals surface area contributed by atoms with Crippen LogP contribution in [-0.4, -0.2) is 26.7 Å². The maximum atomic E-state index is 10.2. The summed E-state index contributed by atoms with van der Waals surface area (Å²) < 4.78 is 1.65. The second-order valence-electron chi connectivity index (χ2n) is 4.96. The van der Waals surface area contributed by atoms with Crippen LogP contribution in [0.25, 0.3) is 0 Å². The molecule has 0 aliphatic carbocycles. The lowest BCUT2D eigenvalue weighted by molar-refractivity contribution is 0.200. The number of hydrogen-bond acceptors (Lipinski definition) is 3. The maximum Gasteiger partial charge on any atom is 0.130 e. The second-order valence-corrected chi connectivity index (χ2v) is 6.42. The molecule has 0 radical (unpaired) electrons. The predicted octanol–water partition coefficient (Wildman–Crippen LogP) is 3.39. The highest BCUT2D eigenvalue weighted by Gasteiger charge is 2.15. The summed E-state index contributed by atoms with van der Waals surface area (Å²) in [7, 11) is 1.81. The zero-order valence-corrected chi connectivity index (χ0v) is 13.5. The van der Waals surface area contributed by atoms with Crippen molar-refractivity contribution in [3.63, 3.8) is 0 Å². The molecule has 3 nitrogen and oxygen atoms in total. The highest BCUT2D eigenvalue weighted by molar-refractivity contribution is 7.99. The first-order chi connectivity index (χ1) is 9.47. The summed E-state index contributed by atoms with van der Waals surface area (Å²) in [6.07, 6.45) is 0.109. The lowest BCUT2D eigenvalue weighted by Gasteiger charge is -2.10. The second kappa shape index (κ2) is 6.66. The van der Waals surface area contributed by atoms with E-state index in [9.17, 15) is 5.11 Å². The molecule has 1 atom stereocenters. The number of halogens is 1. The molecule has 2 rings (SSSR count). The van der Waals surface area contributed by atoms with Crippen LogP contribution < -0.4 is 0 Å². The number of aryl methyl sites for hydroxylation is 3. The third-order valence-electron chi connectivity index (χ3n) is 3.14. The Bertz CT molecular complexity index is 598. The summed E-state index contributed by atoms with van der Waals surface area (Å²) in [5.41, 5.74) is 3.05. The van der Waals surface area contributed by atoms with Crippen molar-refractivity contribution >= 4 is 23.4 Å². The summed E-state index contributed by atoms with van der Waals surface area (Å²) in [4.78, 5) is 1.18. The van der Waals surface area contributed by atoms with Crippen LogP contribution in [0.15, 0.2) is 29.2 Å². The van der Waals surface area contributed by atoms with Crippen molar-refractivity contribution in [3.8, 4) is 0 Å². The van der Waals surface area contributed by atoms with E-state index in [1.807, 2.05) is 20.0 Å². The average Bonchev–Trinajstić information content (AvgIpc) is 2.63. The quantitative estimate of drug-likeness (QED) is 0.860. The van der Waals surface area contributed by atoms with Crippen LogP contribution in [0.1, 0.15) is 16.8 Å². The van der Waals surface area contributed by atoms with E-state index in [-0.39, 0.29) is 0 Å². The highest BCUT2D eigenvalue weighted by atomic mass is 35.5. The minimum Gasteiger partial charge on any atom is -0.392 e.